The Labute approximate surface area is 315 Å². The highest BCUT2D eigenvalue weighted by Crippen LogP contribution is 2.64. The van der Waals surface area contributed by atoms with E-state index in [0.717, 1.165) is 50.8 Å². The van der Waals surface area contributed by atoms with Crippen molar-refractivity contribution in [2.24, 2.45) is 0 Å². The number of H-pyrrole nitrogens is 1. The van der Waals surface area contributed by atoms with Gasteiger partial charge in [0.2, 0.25) is 6.79 Å². The number of hydrogen-bond donors (Lipinski definition) is 4. The van der Waals surface area contributed by atoms with Crippen LogP contribution in [-0.4, -0.2) is 95.1 Å². The zero-order valence-electron chi connectivity index (χ0n) is 30.6. The lowest BCUT2D eigenvalue weighted by Gasteiger charge is -2.62. The van der Waals surface area contributed by atoms with E-state index in [1.165, 1.54) is 6.92 Å². The number of aliphatic hydroxyl groups is 1. The number of carbonyl (C=O) groups is 2. The maximum Gasteiger partial charge on any atom is 0.333 e. The van der Waals surface area contributed by atoms with E-state index in [-0.39, 0.29) is 30.9 Å². The van der Waals surface area contributed by atoms with E-state index < -0.39 is 47.1 Å². The quantitative estimate of drug-likeness (QED) is 0.171. The van der Waals surface area contributed by atoms with Crippen molar-refractivity contribution in [1.29, 1.82) is 0 Å². The number of nitrogens with one attached hydrogen (secondary N) is 2. The van der Waals surface area contributed by atoms with Gasteiger partial charge < -0.3 is 38.9 Å². The van der Waals surface area contributed by atoms with Crippen molar-refractivity contribution in [3.8, 4) is 28.7 Å². The number of thioether (sulfide) groups is 1. The highest BCUT2D eigenvalue weighted by molar-refractivity contribution is 7.99. The third kappa shape index (κ3) is 4.42. The molecule has 4 aromatic rings. The van der Waals surface area contributed by atoms with E-state index in [2.05, 4.69) is 27.3 Å². The number of nitrogens with zero attached hydrogens (tertiary/aromatic N) is 2. The summed E-state index contributed by atoms with van der Waals surface area (Å²) in [5.41, 5.74) is 6.07. The predicted octanol–water partition coefficient (Wildman–Crippen LogP) is 4.18. The Morgan fingerprint density at radius 2 is 1.89 bits per heavy atom. The average molecular weight is 755 g/mol. The van der Waals surface area contributed by atoms with Gasteiger partial charge in [0.1, 0.15) is 18.6 Å². The molecule has 3 aromatic carbocycles. The third-order valence-corrected chi connectivity index (χ3v) is 14.1. The fourth-order valence-electron chi connectivity index (χ4n) is 10.4. The van der Waals surface area contributed by atoms with Crippen molar-refractivity contribution in [3.05, 3.63) is 75.0 Å². The fraction of sp³-hybridized carbons (Fsp3) is 0.450. The molecule has 8 heterocycles. The first-order valence-corrected chi connectivity index (χ1v) is 19.5. The molecule has 4 bridgehead atoms. The normalized spacial score (nSPS) is 29.6. The number of aromatic nitrogens is 1. The summed E-state index contributed by atoms with van der Waals surface area (Å²) in [5.74, 6) is 1.13. The van der Waals surface area contributed by atoms with Crippen LogP contribution in [0.5, 0.6) is 28.7 Å². The number of ether oxygens (including phenoxy) is 5. The van der Waals surface area contributed by atoms with Gasteiger partial charge in [-0.05, 0) is 56.5 Å². The third-order valence-electron chi connectivity index (χ3n) is 12.6. The number of hydrogen-bond acceptors (Lipinski definition) is 13. The highest BCUT2D eigenvalue weighted by Gasteiger charge is 2.61. The molecule has 0 saturated carbocycles. The molecule has 0 aliphatic carbocycles. The van der Waals surface area contributed by atoms with Crippen LogP contribution in [-0.2, 0) is 32.7 Å². The second kappa shape index (κ2) is 12.0. The van der Waals surface area contributed by atoms with E-state index in [4.69, 9.17) is 23.7 Å². The number of fused-ring (bicyclic) bond motifs is 11. The molecule has 14 heteroatoms. The van der Waals surface area contributed by atoms with Gasteiger partial charge in [-0.25, -0.2) is 4.79 Å². The zero-order chi connectivity index (χ0) is 37.4. The van der Waals surface area contributed by atoms with Gasteiger partial charge in [0.05, 0.1) is 36.2 Å². The molecule has 2 fully saturated rings. The molecule has 7 atom stereocenters. The molecule has 4 N–H and O–H groups in total. The van der Waals surface area contributed by atoms with E-state index in [0.29, 0.717) is 47.1 Å². The monoisotopic (exact) mass is 754 g/mol. The minimum absolute atomic E-state index is 0.0347. The minimum atomic E-state index is -1.23. The van der Waals surface area contributed by atoms with Crippen LogP contribution in [0.1, 0.15) is 68.9 Å². The summed E-state index contributed by atoms with van der Waals surface area (Å²) >= 11 is 1.54. The molecule has 1 unspecified atom stereocenters. The van der Waals surface area contributed by atoms with Crippen molar-refractivity contribution >= 4 is 34.6 Å². The minimum Gasteiger partial charge on any atom is -0.504 e. The highest BCUT2D eigenvalue weighted by atomic mass is 32.2. The number of benzene rings is 3. The summed E-state index contributed by atoms with van der Waals surface area (Å²) in [4.78, 5) is 35.5. The Morgan fingerprint density at radius 3 is 2.69 bits per heavy atom. The molecule has 282 valence electrons. The van der Waals surface area contributed by atoms with Crippen LogP contribution in [0, 0.1) is 13.8 Å². The lowest BCUT2D eigenvalue weighted by atomic mass is 9.73. The summed E-state index contributed by atoms with van der Waals surface area (Å²) in [7, 11) is 3.54. The summed E-state index contributed by atoms with van der Waals surface area (Å²) in [6.07, 6.45) is 0.205. The molecular weight excluding hydrogens is 713 g/mol. The van der Waals surface area contributed by atoms with Crippen LogP contribution >= 0.6 is 11.8 Å². The molecule has 1 spiro atoms. The van der Waals surface area contributed by atoms with Crippen LogP contribution in [0.25, 0.3) is 10.9 Å². The second-order valence-corrected chi connectivity index (χ2v) is 16.4. The lowest BCUT2D eigenvalue weighted by molar-refractivity contribution is -0.186. The topological polar surface area (TPSA) is 155 Å². The van der Waals surface area contributed by atoms with E-state index in [1.54, 1.807) is 18.9 Å². The van der Waals surface area contributed by atoms with Crippen LogP contribution < -0.4 is 24.3 Å². The van der Waals surface area contributed by atoms with E-state index >= 15 is 0 Å². The number of phenolic OH excluding ortho intramolecular Hbond substituents is 1. The van der Waals surface area contributed by atoms with Crippen molar-refractivity contribution < 1.29 is 43.5 Å². The number of rotatable bonds is 2. The Hall–Kier alpha value is -4.47. The van der Waals surface area contributed by atoms with Crippen LogP contribution in [0.3, 0.4) is 0 Å². The van der Waals surface area contributed by atoms with Gasteiger partial charge in [0.15, 0.2) is 28.5 Å². The summed E-state index contributed by atoms with van der Waals surface area (Å²) < 4.78 is 30.6. The molecular formula is C40H42N4O9S. The van der Waals surface area contributed by atoms with E-state index in [1.807, 2.05) is 44.0 Å². The smallest absolute Gasteiger partial charge is 0.333 e. The number of likely N-dealkylation sites (N-methyl/N-ethyl adjacent to an activating group) is 1. The standard InChI is InChI=1S/C40H42N4O9S/c1-17-12-20-13-24-38(47)44-25-14-50-39(48)40(37-22(10-11-41-40)21-8-6-7-9-23(21)42-37)15-54-36(30(44)29(43(24)4)26(20)31(46)32(17)49-5)28-27(25)35-34(51-16-52-35)18(2)33(28)53-19(3)45/h6-9,12,24-25,29-30,36,38,41-42,46-47H,10-11,13-16H2,1-5H3/t24-,25?,29-,30+,36+,38-,40+/m0/s1. The molecule has 13 nitrogen and oxygen atoms in total. The molecule has 7 aliphatic heterocycles. The fourth-order valence-corrected chi connectivity index (χ4v) is 12.1. The first kappa shape index (κ1) is 34.1. The Morgan fingerprint density at radius 1 is 1.09 bits per heavy atom. The van der Waals surface area contributed by atoms with E-state index in [9.17, 15) is 19.8 Å². The number of piperazine rings is 1. The molecule has 7 aliphatic rings. The number of esters is 2. The van der Waals surface area contributed by atoms with Gasteiger partial charge in [-0.15, -0.1) is 11.8 Å². The first-order valence-electron chi connectivity index (χ1n) is 18.4. The number of methoxy groups -OCH3 is 1. The number of aromatic amines is 1. The molecule has 2 saturated heterocycles. The Bertz CT molecular complexity index is 2290. The molecule has 0 amide bonds. The maximum atomic E-state index is 14.8. The summed E-state index contributed by atoms with van der Waals surface area (Å²) in [6.45, 7) is 5.54. The van der Waals surface area contributed by atoms with Gasteiger partial charge >= 0.3 is 11.9 Å². The average Bonchev–Trinajstić information content (AvgIpc) is 3.80. The predicted molar refractivity (Wildman–Crippen MR) is 198 cm³/mol. The largest absolute Gasteiger partial charge is 0.504 e. The SMILES string of the molecule is COc1c(C)cc2c(c1O)[C@H]1[C@@H]3[C@@H]4SC[C@]5(NCCc6c5[nH]c5ccccc65)C(=O)OCC(c5c6c(c(C)c(OC(C)=O)c54)OCO6)N3[C@@H](O)[C@H](C2)N1C. The lowest BCUT2D eigenvalue weighted by Crippen LogP contribution is -2.70. The van der Waals surface area contributed by atoms with Gasteiger partial charge in [-0.2, -0.15) is 0 Å². The van der Waals surface area contributed by atoms with Gasteiger partial charge in [0.25, 0.3) is 0 Å². The number of carbonyl (C=O) groups excluding carboxylic acids is 2. The maximum absolute atomic E-state index is 14.8. The summed E-state index contributed by atoms with van der Waals surface area (Å²) in [6, 6.07) is 8.07. The van der Waals surface area contributed by atoms with Crippen molar-refractivity contribution in [2.75, 3.05) is 39.9 Å². The molecule has 1 aromatic heterocycles. The van der Waals surface area contributed by atoms with Crippen molar-refractivity contribution in [1.82, 2.24) is 20.1 Å². The second-order valence-electron chi connectivity index (χ2n) is 15.3. The van der Waals surface area contributed by atoms with Crippen LogP contribution in [0.2, 0.25) is 0 Å². The number of aliphatic hydroxyl groups excluding tert-OH is 1. The zero-order valence-corrected chi connectivity index (χ0v) is 31.5. The van der Waals surface area contributed by atoms with Crippen LogP contribution in [0.4, 0.5) is 0 Å². The molecule has 0 radical (unpaired) electrons. The van der Waals surface area contributed by atoms with Crippen molar-refractivity contribution in [3.63, 3.8) is 0 Å². The first-order chi connectivity index (χ1) is 26.1. The van der Waals surface area contributed by atoms with Crippen LogP contribution in [0.15, 0.2) is 30.3 Å². The number of aromatic hydroxyl groups is 1. The van der Waals surface area contributed by atoms with Gasteiger partial charge in [-0.1, -0.05) is 24.3 Å². The number of aryl methyl sites for hydroxylation is 1. The Balaban J connectivity index is 1.24. The molecule has 11 rings (SSSR count). The molecule has 54 heavy (non-hydrogen) atoms. The number of phenols is 1. The van der Waals surface area contributed by atoms with Gasteiger partial charge in [0, 0.05) is 58.4 Å². The number of para-hydroxylation sites is 1. The summed E-state index contributed by atoms with van der Waals surface area (Å²) in [5, 5.41) is 28.7. The van der Waals surface area contributed by atoms with Gasteiger partial charge in [-0.3, -0.25) is 19.9 Å². The van der Waals surface area contributed by atoms with Crippen molar-refractivity contribution in [2.45, 2.75) is 74.8 Å². The Kier molecular flexibility index (Phi) is 7.58.